The van der Waals surface area contributed by atoms with E-state index in [9.17, 15) is 9.59 Å². The number of rotatable bonds is 4. The first-order valence-electron chi connectivity index (χ1n) is 4.65. The maximum atomic E-state index is 11.1. The van der Waals surface area contributed by atoms with Crippen LogP contribution in [0.2, 0.25) is 0 Å². The van der Waals surface area contributed by atoms with Crippen LogP contribution in [0.3, 0.4) is 0 Å². The van der Waals surface area contributed by atoms with Crippen LogP contribution in [0.4, 0.5) is 4.79 Å². The van der Waals surface area contributed by atoms with Crippen molar-refractivity contribution in [3.05, 3.63) is 0 Å². The maximum Gasteiger partial charge on any atom is 0.338 e. The van der Waals surface area contributed by atoms with Crippen LogP contribution in [0.25, 0.3) is 0 Å². The van der Waals surface area contributed by atoms with Crippen molar-refractivity contribution in [2.75, 3.05) is 6.61 Å². The summed E-state index contributed by atoms with van der Waals surface area (Å²) in [4.78, 5) is 25.9. The molecule has 4 N–H and O–H groups in total. The smallest absolute Gasteiger partial charge is 0.338 e. The van der Waals surface area contributed by atoms with Crippen LogP contribution in [0, 0.1) is 0 Å². The van der Waals surface area contributed by atoms with Crippen molar-refractivity contribution in [1.82, 2.24) is 10.8 Å². The third kappa shape index (κ3) is 4.08. The van der Waals surface area contributed by atoms with Gasteiger partial charge in [-0.15, -0.1) is 0 Å². The van der Waals surface area contributed by atoms with Gasteiger partial charge in [0.15, 0.2) is 6.61 Å². The number of carbonyl (C=O) groups excluding carboxylic acids is 2. The predicted octanol–water partition coefficient (Wildman–Crippen LogP) is -0.355. The summed E-state index contributed by atoms with van der Waals surface area (Å²) >= 11 is 0. The van der Waals surface area contributed by atoms with E-state index in [2.05, 4.69) is 15.6 Å². The number of primary amides is 1. The van der Waals surface area contributed by atoms with Gasteiger partial charge in [-0.05, 0) is 12.8 Å². The van der Waals surface area contributed by atoms with Gasteiger partial charge in [-0.3, -0.25) is 9.63 Å². The number of nitrogens with one attached hydrogen (secondary N) is 2. The van der Waals surface area contributed by atoms with Gasteiger partial charge in [0.2, 0.25) is 5.91 Å². The summed E-state index contributed by atoms with van der Waals surface area (Å²) < 4.78 is 0. The minimum absolute atomic E-state index is 0.229. The third-order valence-electron chi connectivity index (χ3n) is 2.07. The lowest BCUT2D eigenvalue weighted by atomic mass is 10.3. The van der Waals surface area contributed by atoms with E-state index >= 15 is 0 Å². The van der Waals surface area contributed by atoms with Crippen molar-refractivity contribution in [1.29, 1.82) is 0 Å². The van der Waals surface area contributed by atoms with Crippen molar-refractivity contribution in [3.63, 3.8) is 0 Å². The summed E-state index contributed by atoms with van der Waals surface area (Å²) in [6.45, 7) is -0.307. The quantitative estimate of drug-likeness (QED) is 0.542. The van der Waals surface area contributed by atoms with Crippen LogP contribution < -0.4 is 16.5 Å². The Morgan fingerprint density at radius 2 is 2.00 bits per heavy atom. The van der Waals surface area contributed by atoms with Crippen molar-refractivity contribution in [2.45, 2.75) is 31.7 Å². The summed E-state index contributed by atoms with van der Waals surface area (Å²) in [7, 11) is 0. The zero-order chi connectivity index (χ0) is 10.4. The van der Waals surface area contributed by atoms with E-state index in [4.69, 9.17) is 5.73 Å². The second-order valence-corrected chi connectivity index (χ2v) is 3.31. The number of nitrogens with two attached hydrogens (primary N) is 1. The molecule has 3 amide bonds. The number of hydroxylamine groups is 1. The highest BCUT2D eigenvalue weighted by molar-refractivity contribution is 5.76. The van der Waals surface area contributed by atoms with Gasteiger partial charge in [-0.1, -0.05) is 12.8 Å². The highest BCUT2D eigenvalue weighted by Gasteiger charge is 2.16. The molecule has 0 radical (unpaired) electrons. The highest BCUT2D eigenvalue weighted by atomic mass is 16.7. The van der Waals surface area contributed by atoms with Crippen molar-refractivity contribution in [2.24, 2.45) is 5.73 Å². The first-order valence-corrected chi connectivity index (χ1v) is 4.65. The topological polar surface area (TPSA) is 93.5 Å². The summed E-state index contributed by atoms with van der Waals surface area (Å²) in [5.41, 5.74) is 6.90. The molecule has 0 aliphatic heterocycles. The molecule has 1 aliphatic rings. The van der Waals surface area contributed by atoms with Gasteiger partial charge in [0.25, 0.3) is 0 Å². The van der Waals surface area contributed by atoms with E-state index in [1.807, 2.05) is 0 Å². The second kappa shape index (κ2) is 5.43. The van der Waals surface area contributed by atoms with Crippen molar-refractivity contribution >= 4 is 11.9 Å². The number of carbonyl (C=O) groups is 2. The number of amides is 3. The molecule has 0 atom stereocenters. The Labute approximate surface area is 82.1 Å². The molecule has 80 valence electrons. The van der Waals surface area contributed by atoms with Crippen molar-refractivity contribution < 1.29 is 14.4 Å². The monoisotopic (exact) mass is 201 g/mol. The molecule has 14 heavy (non-hydrogen) atoms. The van der Waals surface area contributed by atoms with E-state index in [1.54, 1.807) is 0 Å². The van der Waals surface area contributed by atoms with E-state index in [-0.39, 0.29) is 12.6 Å². The first kappa shape index (κ1) is 10.8. The van der Waals surface area contributed by atoms with Gasteiger partial charge < -0.3 is 11.1 Å². The molecule has 6 nitrogen and oxygen atoms in total. The molecule has 0 spiro atoms. The van der Waals surface area contributed by atoms with Crippen LogP contribution in [0.1, 0.15) is 25.7 Å². The van der Waals surface area contributed by atoms with Gasteiger partial charge >= 0.3 is 6.03 Å². The van der Waals surface area contributed by atoms with Gasteiger partial charge in [0.05, 0.1) is 0 Å². The molecule has 0 heterocycles. The average Bonchev–Trinajstić information content (AvgIpc) is 2.56. The number of hydrogen-bond acceptors (Lipinski definition) is 3. The molecular weight excluding hydrogens is 186 g/mol. The lowest BCUT2D eigenvalue weighted by Gasteiger charge is -2.11. The van der Waals surface area contributed by atoms with E-state index in [0.29, 0.717) is 0 Å². The lowest BCUT2D eigenvalue weighted by molar-refractivity contribution is -0.124. The molecule has 6 heteroatoms. The van der Waals surface area contributed by atoms with Gasteiger partial charge in [-0.2, -0.15) is 0 Å². The summed E-state index contributed by atoms with van der Waals surface area (Å²) in [5, 5.41) is 2.73. The van der Waals surface area contributed by atoms with Gasteiger partial charge in [0, 0.05) is 6.04 Å². The van der Waals surface area contributed by atoms with Crippen LogP contribution >= 0.6 is 0 Å². The highest BCUT2D eigenvalue weighted by Crippen LogP contribution is 2.17. The van der Waals surface area contributed by atoms with Gasteiger partial charge in [-0.25, -0.2) is 10.3 Å². The molecule has 1 aliphatic carbocycles. The van der Waals surface area contributed by atoms with E-state index < -0.39 is 11.9 Å². The second-order valence-electron chi connectivity index (χ2n) is 3.31. The zero-order valence-electron chi connectivity index (χ0n) is 7.91. The SMILES string of the molecule is NC(=O)CONC(=O)NC1CCCC1. The zero-order valence-corrected chi connectivity index (χ0v) is 7.91. The summed E-state index contributed by atoms with van der Waals surface area (Å²) in [5.74, 6) is -0.619. The first-order chi connectivity index (χ1) is 6.68. The molecule has 1 fully saturated rings. The lowest BCUT2D eigenvalue weighted by Crippen LogP contribution is -2.41. The number of urea groups is 1. The Balaban J connectivity index is 2.06. The van der Waals surface area contributed by atoms with Crippen LogP contribution in [-0.2, 0) is 9.63 Å². The Kier molecular flexibility index (Phi) is 4.18. The fourth-order valence-electron chi connectivity index (χ4n) is 1.46. The molecule has 1 saturated carbocycles. The fraction of sp³-hybridized carbons (Fsp3) is 0.750. The molecule has 0 aromatic carbocycles. The molecule has 1 rings (SSSR count). The molecular formula is C8H15N3O3. The summed E-state index contributed by atoms with van der Waals surface area (Å²) in [6, 6.07) is -0.190. The Morgan fingerprint density at radius 3 is 2.57 bits per heavy atom. The molecule has 0 aromatic rings. The van der Waals surface area contributed by atoms with E-state index in [1.165, 1.54) is 0 Å². The minimum atomic E-state index is -0.619. The Bertz CT molecular complexity index is 214. The van der Waals surface area contributed by atoms with Crippen molar-refractivity contribution in [3.8, 4) is 0 Å². The standard InChI is InChI=1S/C8H15N3O3/c9-7(12)5-14-11-8(13)10-6-3-1-2-4-6/h6H,1-5H2,(H2,9,12)(H2,10,11,13). The fourth-order valence-corrected chi connectivity index (χ4v) is 1.46. The Hall–Kier alpha value is -1.30. The normalized spacial score (nSPS) is 16.6. The summed E-state index contributed by atoms with van der Waals surface area (Å²) in [6.07, 6.45) is 4.30. The molecule has 0 aromatic heterocycles. The third-order valence-corrected chi connectivity index (χ3v) is 2.07. The van der Waals surface area contributed by atoms with E-state index in [0.717, 1.165) is 25.7 Å². The average molecular weight is 201 g/mol. The van der Waals surface area contributed by atoms with Crippen LogP contribution in [-0.4, -0.2) is 24.6 Å². The van der Waals surface area contributed by atoms with Crippen LogP contribution in [0.15, 0.2) is 0 Å². The largest absolute Gasteiger partial charge is 0.368 e. The maximum absolute atomic E-state index is 11.1. The minimum Gasteiger partial charge on any atom is -0.368 e. The predicted molar refractivity (Wildman–Crippen MR) is 49.1 cm³/mol. The van der Waals surface area contributed by atoms with Gasteiger partial charge in [0.1, 0.15) is 0 Å². The molecule has 0 saturated heterocycles. The molecule has 0 bridgehead atoms. The Morgan fingerprint density at radius 1 is 1.36 bits per heavy atom. The van der Waals surface area contributed by atoms with Crippen LogP contribution in [0.5, 0.6) is 0 Å². The molecule has 0 unspecified atom stereocenters. The number of hydrogen-bond donors (Lipinski definition) is 3.